The van der Waals surface area contributed by atoms with Gasteiger partial charge in [0, 0.05) is 12.7 Å². The van der Waals surface area contributed by atoms with E-state index >= 15 is 0 Å². The molecule has 1 aliphatic heterocycles. The van der Waals surface area contributed by atoms with Crippen molar-refractivity contribution in [2.24, 2.45) is 0 Å². The molecule has 0 radical (unpaired) electrons. The minimum atomic E-state index is -0.354. The summed E-state index contributed by atoms with van der Waals surface area (Å²) in [6.45, 7) is 13.2. The Morgan fingerprint density at radius 2 is 1.76 bits per heavy atom. The van der Waals surface area contributed by atoms with Gasteiger partial charge in [0.15, 0.2) is 0 Å². The van der Waals surface area contributed by atoms with Crippen LogP contribution in [-0.4, -0.2) is 28.1 Å². The van der Waals surface area contributed by atoms with Crippen LogP contribution in [0.5, 0.6) is 0 Å². The smallest absolute Gasteiger partial charge is 0.398 e. The normalized spacial score (nSPS) is 22.1. The Balaban J connectivity index is 2.28. The largest absolute Gasteiger partial charge is 0.516 e. The van der Waals surface area contributed by atoms with E-state index in [0.717, 1.165) is 17.7 Å². The molecule has 0 amide bonds. The average Bonchev–Trinajstić information content (AvgIpc) is 2.66. The van der Waals surface area contributed by atoms with Crippen molar-refractivity contribution in [3.05, 3.63) is 11.8 Å². The number of aromatic nitrogens is 2. The molecule has 1 fully saturated rings. The summed E-state index contributed by atoms with van der Waals surface area (Å²) in [6, 6.07) is 0. The highest BCUT2D eigenvalue weighted by Gasteiger charge is 2.53. The molecule has 2 rings (SSSR count). The van der Waals surface area contributed by atoms with E-state index in [2.05, 4.69) is 39.7 Å². The maximum absolute atomic E-state index is 5.99. The lowest BCUT2D eigenvalue weighted by Crippen LogP contribution is -2.41. The van der Waals surface area contributed by atoms with Gasteiger partial charge in [-0.3, -0.25) is 4.68 Å². The van der Waals surface area contributed by atoms with Crippen molar-refractivity contribution in [1.82, 2.24) is 9.78 Å². The van der Waals surface area contributed by atoms with Crippen molar-refractivity contribution in [3.8, 4) is 0 Å². The predicted octanol–water partition coefficient (Wildman–Crippen LogP) is 1.51. The molecule has 1 aromatic rings. The van der Waals surface area contributed by atoms with E-state index in [1.165, 1.54) is 0 Å². The van der Waals surface area contributed by atoms with Crippen LogP contribution in [0.2, 0.25) is 0 Å². The molecule has 17 heavy (non-hydrogen) atoms. The maximum atomic E-state index is 5.99. The minimum absolute atomic E-state index is 0.305. The highest BCUT2D eigenvalue weighted by atomic mass is 16.7. The second kappa shape index (κ2) is 3.85. The molecular weight excluding hydrogens is 215 g/mol. The lowest BCUT2D eigenvalue weighted by molar-refractivity contribution is 0.00578. The summed E-state index contributed by atoms with van der Waals surface area (Å²) in [4.78, 5) is 0. The Kier molecular flexibility index (Phi) is 2.87. The molecular formula is C12H21BN2O2. The Hall–Kier alpha value is -0.805. The van der Waals surface area contributed by atoms with Gasteiger partial charge in [-0.05, 0) is 47.1 Å². The first-order valence-corrected chi connectivity index (χ1v) is 6.16. The van der Waals surface area contributed by atoms with Gasteiger partial charge in [-0.15, -0.1) is 0 Å². The number of aryl methyl sites for hydroxylation is 2. The molecule has 0 atom stereocenters. The number of rotatable bonds is 2. The molecule has 4 nitrogen and oxygen atoms in total. The monoisotopic (exact) mass is 236 g/mol. The van der Waals surface area contributed by atoms with Crippen LogP contribution in [0.1, 0.15) is 40.2 Å². The molecule has 5 heteroatoms. The van der Waals surface area contributed by atoms with Crippen LogP contribution in [0.25, 0.3) is 0 Å². The zero-order valence-electron chi connectivity index (χ0n) is 11.6. The second-order valence-electron chi connectivity index (χ2n) is 5.64. The van der Waals surface area contributed by atoms with Crippen molar-refractivity contribution in [3.63, 3.8) is 0 Å². The molecule has 1 saturated heterocycles. The van der Waals surface area contributed by atoms with Gasteiger partial charge in [0.2, 0.25) is 0 Å². The van der Waals surface area contributed by atoms with Crippen LogP contribution in [0.3, 0.4) is 0 Å². The summed E-state index contributed by atoms with van der Waals surface area (Å²) in [7, 11) is -0.354. The number of hydrogen-bond acceptors (Lipinski definition) is 3. The van der Waals surface area contributed by atoms with Crippen molar-refractivity contribution < 1.29 is 9.31 Å². The third-order valence-corrected chi connectivity index (χ3v) is 3.78. The molecule has 0 bridgehead atoms. The summed E-state index contributed by atoms with van der Waals surface area (Å²) in [5, 5.41) is 4.51. The molecule has 0 N–H and O–H groups in total. The van der Waals surface area contributed by atoms with Crippen LogP contribution in [-0.2, 0) is 15.9 Å². The second-order valence-corrected chi connectivity index (χ2v) is 5.64. The Bertz CT molecular complexity index is 410. The first-order chi connectivity index (χ1) is 7.77. The lowest BCUT2D eigenvalue weighted by atomic mass is 9.82. The van der Waals surface area contributed by atoms with E-state index < -0.39 is 0 Å². The van der Waals surface area contributed by atoms with Crippen molar-refractivity contribution in [1.29, 1.82) is 0 Å². The fourth-order valence-electron chi connectivity index (χ4n) is 1.89. The van der Waals surface area contributed by atoms with Gasteiger partial charge in [0.05, 0.1) is 16.8 Å². The topological polar surface area (TPSA) is 36.3 Å². The molecule has 94 valence electrons. The third-order valence-electron chi connectivity index (χ3n) is 3.78. The first kappa shape index (κ1) is 12.6. The predicted molar refractivity (Wildman–Crippen MR) is 68.4 cm³/mol. The van der Waals surface area contributed by atoms with Crippen molar-refractivity contribution in [2.45, 2.75) is 59.3 Å². The molecule has 1 aromatic heterocycles. The molecule has 0 saturated carbocycles. The third kappa shape index (κ3) is 2.02. The van der Waals surface area contributed by atoms with E-state index in [0.29, 0.717) is 0 Å². The highest BCUT2D eigenvalue weighted by Crippen LogP contribution is 2.36. The molecule has 0 aliphatic carbocycles. The summed E-state index contributed by atoms with van der Waals surface area (Å²) in [6.07, 6.45) is 2.03. The van der Waals surface area contributed by atoms with Crippen molar-refractivity contribution in [2.75, 3.05) is 0 Å². The van der Waals surface area contributed by atoms with Gasteiger partial charge < -0.3 is 9.31 Å². The summed E-state index contributed by atoms with van der Waals surface area (Å²) in [5.74, 6) is 0. The zero-order valence-corrected chi connectivity index (χ0v) is 11.6. The fourth-order valence-corrected chi connectivity index (χ4v) is 1.89. The van der Waals surface area contributed by atoms with E-state index in [9.17, 15) is 0 Å². The molecule has 2 heterocycles. The summed E-state index contributed by atoms with van der Waals surface area (Å²) >= 11 is 0. The summed E-state index contributed by atoms with van der Waals surface area (Å²) in [5.41, 5.74) is 1.40. The number of hydrogen-bond donors (Lipinski definition) is 0. The average molecular weight is 236 g/mol. The van der Waals surface area contributed by atoms with Crippen molar-refractivity contribution >= 4 is 12.7 Å². The van der Waals surface area contributed by atoms with Gasteiger partial charge in [0.1, 0.15) is 0 Å². The van der Waals surface area contributed by atoms with E-state index in [1.54, 1.807) is 0 Å². The quantitative estimate of drug-likeness (QED) is 0.730. The number of nitrogens with zero attached hydrogens (tertiary/aromatic N) is 2. The Morgan fingerprint density at radius 1 is 1.24 bits per heavy atom. The zero-order chi connectivity index (χ0) is 12.8. The molecule has 0 unspecified atom stereocenters. The Morgan fingerprint density at radius 3 is 2.18 bits per heavy atom. The standard InChI is InChI=1S/C12H21BN2O2/c1-7-15-8-9(2)10(14-15)13-16-11(3,4)12(5,6)17-13/h8H,7H2,1-6H3. The summed E-state index contributed by atoms with van der Waals surface area (Å²) < 4.78 is 13.9. The minimum Gasteiger partial charge on any atom is -0.398 e. The van der Waals surface area contributed by atoms with Gasteiger partial charge in [-0.1, -0.05) is 0 Å². The van der Waals surface area contributed by atoms with Crippen LogP contribution in [0.15, 0.2) is 6.20 Å². The van der Waals surface area contributed by atoms with Crippen LogP contribution in [0.4, 0.5) is 0 Å². The fraction of sp³-hybridized carbons (Fsp3) is 0.750. The van der Waals surface area contributed by atoms with E-state index in [-0.39, 0.29) is 18.3 Å². The lowest BCUT2D eigenvalue weighted by Gasteiger charge is -2.32. The SMILES string of the molecule is CCn1cc(C)c(B2OC(C)(C)C(C)(C)O2)n1. The molecule has 1 aliphatic rings. The maximum Gasteiger partial charge on any atom is 0.516 e. The van der Waals surface area contributed by atoms with Gasteiger partial charge in [0.25, 0.3) is 0 Å². The molecule has 0 aromatic carbocycles. The van der Waals surface area contributed by atoms with E-state index in [4.69, 9.17) is 9.31 Å². The van der Waals surface area contributed by atoms with Crippen LogP contribution < -0.4 is 5.59 Å². The van der Waals surface area contributed by atoms with Gasteiger partial charge >= 0.3 is 7.12 Å². The van der Waals surface area contributed by atoms with Crippen LogP contribution in [0, 0.1) is 6.92 Å². The van der Waals surface area contributed by atoms with Gasteiger partial charge in [-0.2, -0.15) is 5.10 Å². The van der Waals surface area contributed by atoms with Crippen LogP contribution >= 0.6 is 0 Å². The highest BCUT2D eigenvalue weighted by molar-refractivity contribution is 6.61. The molecule has 0 spiro atoms. The Labute approximate surface area is 103 Å². The van der Waals surface area contributed by atoms with Gasteiger partial charge in [-0.25, -0.2) is 0 Å². The first-order valence-electron chi connectivity index (χ1n) is 6.16. The van der Waals surface area contributed by atoms with E-state index in [1.807, 2.05) is 17.8 Å².